The molecule has 26 heavy (non-hydrogen) atoms. The Balaban J connectivity index is 1.77. The third kappa shape index (κ3) is 4.00. The molecule has 11 heteroatoms. The van der Waals surface area contributed by atoms with Crippen molar-refractivity contribution in [1.29, 1.82) is 0 Å². The minimum absolute atomic E-state index is 0.198. The number of rotatable bonds is 6. The molecule has 1 heterocycles. The maximum atomic E-state index is 13.2. The summed E-state index contributed by atoms with van der Waals surface area (Å²) in [6.45, 7) is 0.198. The second kappa shape index (κ2) is 6.88. The quantitative estimate of drug-likeness (QED) is 0.519. The van der Waals surface area contributed by atoms with E-state index in [1.165, 1.54) is 41.3 Å². The van der Waals surface area contributed by atoms with Crippen LogP contribution in [0.1, 0.15) is 5.56 Å². The Morgan fingerprint density at radius 2 is 1.96 bits per heavy atom. The van der Waals surface area contributed by atoms with Crippen LogP contribution < -0.4 is 4.72 Å². The lowest BCUT2D eigenvalue weighted by molar-refractivity contribution is -0.385. The van der Waals surface area contributed by atoms with Gasteiger partial charge in [-0.1, -0.05) is 18.2 Å². The average Bonchev–Trinajstić information content (AvgIpc) is 3.01. The summed E-state index contributed by atoms with van der Waals surface area (Å²) in [6.07, 6.45) is 1.29. The van der Waals surface area contributed by atoms with Crippen LogP contribution in [0.2, 0.25) is 0 Å². The Bertz CT molecular complexity index is 1070. The van der Waals surface area contributed by atoms with E-state index in [4.69, 9.17) is 0 Å². The number of aromatic nitrogens is 3. The number of sulfonamides is 1. The molecule has 0 amide bonds. The fourth-order valence-electron chi connectivity index (χ4n) is 2.18. The highest BCUT2D eigenvalue weighted by atomic mass is 32.2. The second-order valence-electron chi connectivity index (χ2n) is 5.26. The zero-order chi connectivity index (χ0) is 18.7. The van der Waals surface area contributed by atoms with E-state index in [0.717, 1.165) is 6.07 Å². The molecule has 3 aromatic rings. The van der Waals surface area contributed by atoms with Crippen LogP contribution in [0.15, 0.2) is 59.8 Å². The van der Waals surface area contributed by atoms with Gasteiger partial charge in [-0.2, -0.15) is 4.98 Å². The number of nitro benzene ring substituents is 1. The normalized spacial score (nSPS) is 11.3. The van der Waals surface area contributed by atoms with Gasteiger partial charge in [-0.3, -0.25) is 10.1 Å². The van der Waals surface area contributed by atoms with Gasteiger partial charge in [0.2, 0.25) is 0 Å². The lowest BCUT2D eigenvalue weighted by Crippen LogP contribution is -2.14. The molecule has 9 nitrogen and oxygen atoms in total. The van der Waals surface area contributed by atoms with Gasteiger partial charge in [0.25, 0.3) is 21.7 Å². The highest BCUT2D eigenvalue weighted by Gasteiger charge is 2.19. The largest absolute Gasteiger partial charge is 0.270 e. The number of benzene rings is 2. The molecule has 134 valence electrons. The number of anilines is 1. The molecule has 0 bridgehead atoms. The van der Waals surface area contributed by atoms with Crippen molar-refractivity contribution in [3.63, 3.8) is 0 Å². The molecule has 0 saturated carbocycles. The number of hydrogen-bond donors (Lipinski definition) is 1. The molecular weight excluding hydrogens is 365 g/mol. The van der Waals surface area contributed by atoms with Crippen molar-refractivity contribution in [3.05, 3.63) is 76.4 Å². The zero-order valence-corrected chi connectivity index (χ0v) is 13.9. The summed E-state index contributed by atoms with van der Waals surface area (Å²) in [7, 11) is -4.09. The molecule has 1 aromatic heterocycles. The third-order valence-corrected chi connectivity index (χ3v) is 4.66. The van der Waals surface area contributed by atoms with Crippen LogP contribution in [0.5, 0.6) is 0 Å². The molecule has 2 aromatic carbocycles. The highest BCUT2D eigenvalue weighted by molar-refractivity contribution is 7.92. The van der Waals surface area contributed by atoms with E-state index in [2.05, 4.69) is 14.8 Å². The topological polar surface area (TPSA) is 120 Å². The Hall–Kier alpha value is -3.34. The van der Waals surface area contributed by atoms with Gasteiger partial charge in [-0.15, -0.1) is 5.10 Å². The number of nitrogens with one attached hydrogen (secondary N) is 1. The van der Waals surface area contributed by atoms with Crippen LogP contribution in [0.4, 0.5) is 16.0 Å². The minimum atomic E-state index is -4.09. The summed E-state index contributed by atoms with van der Waals surface area (Å²) in [4.78, 5) is 13.6. The van der Waals surface area contributed by atoms with Crippen LogP contribution in [-0.2, 0) is 16.6 Å². The standard InChI is InChI=1S/C15H12FN5O4S/c16-12-4-1-3-11(7-12)9-20-10-17-15(18-20)19-26(24,25)14-6-2-5-13(8-14)21(22)23/h1-8,10H,9H2,(H,18,19). The molecule has 3 rings (SSSR count). The van der Waals surface area contributed by atoms with Crippen LogP contribution >= 0.6 is 0 Å². The van der Waals surface area contributed by atoms with Gasteiger partial charge in [-0.25, -0.2) is 22.2 Å². The number of nitro groups is 1. The smallest absolute Gasteiger partial charge is 0.258 e. The van der Waals surface area contributed by atoms with Crippen LogP contribution in [-0.4, -0.2) is 28.1 Å². The number of halogens is 1. The van der Waals surface area contributed by atoms with E-state index in [1.54, 1.807) is 12.1 Å². The van der Waals surface area contributed by atoms with Crippen LogP contribution in [0.25, 0.3) is 0 Å². The average molecular weight is 377 g/mol. The first-order valence-electron chi connectivity index (χ1n) is 7.25. The molecule has 0 aliphatic heterocycles. The first-order valence-corrected chi connectivity index (χ1v) is 8.73. The van der Waals surface area contributed by atoms with Gasteiger partial charge in [0.15, 0.2) is 0 Å². The molecule has 0 aliphatic rings. The van der Waals surface area contributed by atoms with Gasteiger partial charge in [-0.05, 0) is 23.8 Å². The summed E-state index contributed by atoms with van der Waals surface area (Å²) in [5.74, 6) is -0.595. The number of nitrogens with zero attached hydrogens (tertiary/aromatic N) is 4. The Morgan fingerprint density at radius 1 is 1.19 bits per heavy atom. The molecule has 1 N–H and O–H groups in total. The summed E-state index contributed by atoms with van der Waals surface area (Å²) in [5.41, 5.74) is 0.278. The molecule has 0 spiro atoms. The fraction of sp³-hybridized carbons (Fsp3) is 0.0667. The molecule has 0 unspecified atom stereocenters. The van der Waals surface area contributed by atoms with E-state index in [-0.39, 0.29) is 23.1 Å². The maximum absolute atomic E-state index is 13.2. The van der Waals surface area contributed by atoms with Crippen molar-refractivity contribution in [2.75, 3.05) is 4.72 Å². The van der Waals surface area contributed by atoms with E-state index >= 15 is 0 Å². The Kier molecular flexibility index (Phi) is 4.63. The van der Waals surface area contributed by atoms with Crippen molar-refractivity contribution in [3.8, 4) is 0 Å². The predicted molar refractivity (Wildman–Crippen MR) is 89.4 cm³/mol. The summed E-state index contributed by atoms with van der Waals surface area (Å²) in [5, 5.41) is 14.7. The van der Waals surface area contributed by atoms with Gasteiger partial charge in [0, 0.05) is 12.1 Å². The van der Waals surface area contributed by atoms with Gasteiger partial charge < -0.3 is 0 Å². The molecular formula is C15H12FN5O4S. The Morgan fingerprint density at radius 3 is 2.69 bits per heavy atom. The number of non-ortho nitro benzene ring substituents is 1. The molecule has 0 saturated heterocycles. The van der Waals surface area contributed by atoms with Crippen molar-refractivity contribution in [2.24, 2.45) is 0 Å². The molecule has 0 fully saturated rings. The lowest BCUT2D eigenvalue weighted by Gasteiger charge is -2.04. The summed E-state index contributed by atoms with van der Waals surface area (Å²) < 4.78 is 41.3. The van der Waals surface area contributed by atoms with E-state index in [0.29, 0.717) is 5.56 Å². The van der Waals surface area contributed by atoms with Crippen molar-refractivity contribution < 1.29 is 17.7 Å². The monoisotopic (exact) mass is 377 g/mol. The van der Waals surface area contributed by atoms with Gasteiger partial charge >= 0.3 is 0 Å². The Labute approximate surface area is 147 Å². The zero-order valence-electron chi connectivity index (χ0n) is 13.1. The highest BCUT2D eigenvalue weighted by Crippen LogP contribution is 2.19. The fourth-order valence-corrected chi connectivity index (χ4v) is 3.17. The van der Waals surface area contributed by atoms with Crippen molar-refractivity contribution in [2.45, 2.75) is 11.4 Å². The number of hydrogen-bond acceptors (Lipinski definition) is 6. The third-order valence-electron chi connectivity index (χ3n) is 3.33. The van der Waals surface area contributed by atoms with Crippen molar-refractivity contribution >= 4 is 21.7 Å². The lowest BCUT2D eigenvalue weighted by atomic mass is 10.2. The summed E-state index contributed by atoms with van der Waals surface area (Å²) >= 11 is 0. The van der Waals surface area contributed by atoms with Crippen LogP contribution in [0.3, 0.4) is 0 Å². The molecule has 0 radical (unpaired) electrons. The van der Waals surface area contributed by atoms with Crippen molar-refractivity contribution in [1.82, 2.24) is 14.8 Å². The molecule has 0 aliphatic carbocycles. The predicted octanol–water partition coefficient (Wildman–Crippen LogP) is 2.17. The molecule has 0 atom stereocenters. The first kappa shape index (κ1) is 17.5. The van der Waals surface area contributed by atoms with E-state index < -0.39 is 20.8 Å². The summed E-state index contributed by atoms with van der Waals surface area (Å²) in [6, 6.07) is 10.5. The van der Waals surface area contributed by atoms with Gasteiger partial charge in [0.05, 0.1) is 16.4 Å². The van der Waals surface area contributed by atoms with Gasteiger partial charge in [0.1, 0.15) is 12.1 Å². The SMILES string of the molecule is O=[N+]([O-])c1cccc(S(=O)(=O)Nc2ncn(Cc3cccc(F)c3)n2)c1. The van der Waals surface area contributed by atoms with E-state index in [9.17, 15) is 22.9 Å². The second-order valence-corrected chi connectivity index (χ2v) is 6.94. The van der Waals surface area contributed by atoms with E-state index in [1.807, 2.05) is 0 Å². The first-order chi connectivity index (χ1) is 12.3. The minimum Gasteiger partial charge on any atom is -0.258 e. The van der Waals surface area contributed by atoms with Crippen LogP contribution in [0, 0.1) is 15.9 Å². The maximum Gasteiger partial charge on any atom is 0.270 e.